The van der Waals surface area contributed by atoms with Crippen molar-refractivity contribution in [1.82, 2.24) is 15.2 Å². The number of carbonyl (C=O) groups is 1. The fraction of sp³-hybridized carbons (Fsp3) is 0.529. The predicted molar refractivity (Wildman–Crippen MR) is 86.5 cm³/mol. The summed E-state index contributed by atoms with van der Waals surface area (Å²) >= 11 is 0. The summed E-state index contributed by atoms with van der Waals surface area (Å²) in [6, 6.07) is 5.91. The van der Waals surface area contributed by atoms with E-state index in [-0.39, 0.29) is 6.09 Å². The summed E-state index contributed by atoms with van der Waals surface area (Å²) in [7, 11) is 0. The van der Waals surface area contributed by atoms with Gasteiger partial charge in [0.15, 0.2) is 0 Å². The molecule has 1 aliphatic rings. The Kier molecular flexibility index (Phi) is 5.55. The van der Waals surface area contributed by atoms with E-state index in [9.17, 15) is 4.79 Å². The molecule has 120 valence electrons. The normalized spacial score (nSPS) is 15.4. The molecule has 0 radical (unpaired) electrons. The smallest absolute Gasteiger partial charge is 0.410 e. The van der Waals surface area contributed by atoms with Crippen molar-refractivity contribution in [3.05, 3.63) is 41.7 Å². The standard InChI is InChI=1S/C17H25N3O2/c1-17(2,3)22-16(21)20-10-7-14(8-11-20)12-18-13-15-6-4-5-9-19-15/h4-7,9,18H,8,10-13H2,1-3H3. The third kappa shape index (κ3) is 5.48. The number of carbonyl (C=O) groups excluding carboxylic acids is 1. The third-order valence-corrected chi connectivity index (χ3v) is 3.34. The van der Waals surface area contributed by atoms with Crippen LogP contribution in [-0.2, 0) is 11.3 Å². The van der Waals surface area contributed by atoms with Gasteiger partial charge in [-0.05, 0) is 39.3 Å². The zero-order chi connectivity index (χ0) is 16.0. The fourth-order valence-electron chi connectivity index (χ4n) is 2.22. The SMILES string of the molecule is CC(C)(C)OC(=O)N1CC=C(CNCc2ccccn2)CC1. The number of ether oxygens (including phenoxy) is 1. The van der Waals surface area contributed by atoms with E-state index in [1.165, 1.54) is 5.57 Å². The van der Waals surface area contributed by atoms with Crippen LogP contribution in [0.25, 0.3) is 0 Å². The summed E-state index contributed by atoms with van der Waals surface area (Å²) in [6.45, 7) is 8.58. The minimum atomic E-state index is -0.439. The van der Waals surface area contributed by atoms with E-state index in [0.29, 0.717) is 13.1 Å². The molecule has 0 aromatic carbocycles. The van der Waals surface area contributed by atoms with E-state index >= 15 is 0 Å². The van der Waals surface area contributed by atoms with Crippen LogP contribution in [0.4, 0.5) is 4.79 Å². The van der Waals surface area contributed by atoms with Gasteiger partial charge in [-0.25, -0.2) is 4.79 Å². The van der Waals surface area contributed by atoms with Crippen LogP contribution in [0.15, 0.2) is 36.0 Å². The second kappa shape index (κ2) is 7.40. The fourth-order valence-corrected chi connectivity index (χ4v) is 2.22. The van der Waals surface area contributed by atoms with Crippen molar-refractivity contribution in [3.8, 4) is 0 Å². The van der Waals surface area contributed by atoms with Crippen molar-refractivity contribution in [2.24, 2.45) is 0 Å². The lowest BCUT2D eigenvalue weighted by Gasteiger charge is -2.29. The van der Waals surface area contributed by atoms with Crippen molar-refractivity contribution in [3.63, 3.8) is 0 Å². The van der Waals surface area contributed by atoms with Crippen LogP contribution in [0, 0.1) is 0 Å². The first-order valence-corrected chi connectivity index (χ1v) is 7.70. The molecule has 0 aliphatic carbocycles. The number of nitrogens with one attached hydrogen (secondary N) is 1. The average molecular weight is 303 g/mol. The number of amides is 1. The van der Waals surface area contributed by atoms with Crippen molar-refractivity contribution in [2.45, 2.75) is 39.3 Å². The van der Waals surface area contributed by atoms with Crippen molar-refractivity contribution in [1.29, 1.82) is 0 Å². The molecule has 1 aromatic rings. The van der Waals surface area contributed by atoms with Crippen molar-refractivity contribution >= 4 is 6.09 Å². The molecule has 1 N–H and O–H groups in total. The van der Waals surface area contributed by atoms with Gasteiger partial charge < -0.3 is 15.0 Å². The topological polar surface area (TPSA) is 54.5 Å². The Hall–Kier alpha value is -1.88. The Labute approximate surface area is 132 Å². The van der Waals surface area contributed by atoms with Gasteiger partial charge >= 0.3 is 6.09 Å². The van der Waals surface area contributed by atoms with E-state index in [4.69, 9.17) is 4.74 Å². The molecule has 1 amide bonds. The van der Waals surface area contributed by atoms with Crippen LogP contribution >= 0.6 is 0 Å². The van der Waals surface area contributed by atoms with E-state index in [1.807, 2.05) is 39.0 Å². The Morgan fingerprint density at radius 3 is 2.77 bits per heavy atom. The van der Waals surface area contributed by atoms with E-state index in [2.05, 4.69) is 16.4 Å². The Morgan fingerprint density at radius 2 is 2.18 bits per heavy atom. The van der Waals surface area contributed by atoms with E-state index in [1.54, 1.807) is 11.1 Å². The maximum atomic E-state index is 12.0. The lowest BCUT2D eigenvalue weighted by Crippen LogP contribution is -2.39. The molecule has 22 heavy (non-hydrogen) atoms. The van der Waals surface area contributed by atoms with Gasteiger partial charge in [-0.2, -0.15) is 0 Å². The quantitative estimate of drug-likeness (QED) is 0.869. The summed E-state index contributed by atoms with van der Waals surface area (Å²) in [4.78, 5) is 18.0. The van der Waals surface area contributed by atoms with E-state index in [0.717, 1.165) is 25.2 Å². The molecule has 0 atom stereocenters. The monoisotopic (exact) mass is 303 g/mol. The van der Waals surface area contributed by atoms with Crippen LogP contribution in [0.5, 0.6) is 0 Å². The van der Waals surface area contributed by atoms with Crippen LogP contribution in [0.1, 0.15) is 32.9 Å². The zero-order valence-electron chi connectivity index (χ0n) is 13.6. The van der Waals surface area contributed by atoms with Crippen molar-refractivity contribution in [2.75, 3.05) is 19.6 Å². The van der Waals surface area contributed by atoms with Crippen LogP contribution in [0.3, 0.4) is 0 Å². The van der Waals surface area contributed by atoms with Gasteiger partial charge in [0.05, 0.1) is 5.69 Å². The first-order chi connectivity index (χ1) is 10.4. The highest BCUT2D eigenvalue weighted by Gasteiger charge is 2.23. The molecule has 0 saturated heterocycles. The minimum absolute atomic E-state index is 0.232. The van der Waals surface area contributed by atoms with Gasteiger partial charge in [0.25, 0.3) is 0 Å². The maximum absolute atomic E-state index is 12.0. The molecular formula is C17H25N3O2. The molecule has 1 aromatic heterocycles. The summed E-state index contributed by atoms with van der Waals surface area (Å²) < 4.78 is 5.39. The summed E-state index contributed by atoms with van der Waals surface area (Å²) in [6.07, 6.45) is 4.56. The number of pyridine rings is 1. The number of hydrogen-bond donors (Lipinski definition) is 1. The van der Waals surface area contributed by atoms with Crippen LogP contribution in [0.2, 0.25) is 0 Å². The molecule has 0 saturated carbocycles. The third-order valence-electron chi connectivity index (χ3n) is 3.34. The molecule has 0 unspecified atom stereocenters. The number of rotatable bonds is 4. The number of hydrogen-bond acceptors (Lipinski definition) is 4. The maximum Gasteiger partial charge on any atom is 0.410 e. The summed E-state index contributed by atoms with van der Waals surface area (Å²) in [5, 5.41) is 3.39. The molecule has 2 rings (SSSR count). The molecule has 0 fully saturated rings. The van der Waals surface area contributed by atoms with E-state index < -0.39 is 5.60 Å². The zero-order valence-corrected chi connectivity index (χ0v) is 13.6. The van der Waals surface area contributed by atoms with Gasteiger partial charge in [0, 0.05) is 32.4 Å². The van der Waals surface area contributed by atoms with Gasteiger partial charge in [0.2, 0.25) is 0 Å². The number of nitrogens with zero attached hydrogens (tertiary/aromatic N) is 2. The molecule has 5 nitrogen and oxygen atoms in total. The molecule has 1 aliphatic heterocycles. The van der Waals surface area contributed by atoms with Gasteiger partial charge in [-0.15, -0.1) is 0 Å². The second-order valence-electron chi connectivity index (χ2n) is 6.46. The molecule has 2 heterocycles. The van der Waals surface area contributed by atoms with Crippen LogP contribution < -0.4 is 5.32 Å². The van der Waals surface area contributed by atoms with Crippen LogP contribution in [-0.4, -0.2) is 41.2 Å². The first kappa shape index (κ1) is 16.5. The lowest BCUT2D eigenvalue weighted by atomic mass is 10.1. The predicted octanol–water partition coefficient (Wildman–Crippen LogP) is 2.74. The average Bonchev–Trinajstić information content (AvgIpc) is 2.47. The Bertz CT molecular complexity index is 520. The minimum Gasteiger partial charge on any atom is -0.444 e. The molecular weight excluding hydrogens is 278 g/mol. The Balaban J connectivity index is 1.73. The molecule has 5 heteroatoms. The molecule has 0 spiro atoms. The number of aromatic nitrogens is 1. The van der Waals surface area contributed by atoms with Gasteiger partial charge in [0.1, 0.15) is 5.60 Å². The first-order valence-electron chi connectivity index (χ1n) is 7.70. The second-order valence-corrected chi connectivity index (χ2v) is 6.46. The highest BCUT2D eigenvalue weighted by atomic mass is 16.6. The highest BCUT2D eigenvalue weighted by Crippen LogP contribution is 2.15. The van der Waals surface area contributed by atoms with Crippen molar-refractivity contribution < 1.29 is 9.53 Å². The lowest BCUT2D eigenvalue weighted by molar-refractivity contribution is 0.0265. The largest absolute Gasteiger partial charge is 0.444 e. The molecule has 0 bridgehead atoms. The van der Waals surface area contributed by atoms with Gasteiger partial charge in [-0.1, -0.05) is 17.7 Å². The highest BCUT2D eigenvalue weighted by molar-refractivity contribution is 5.68. The summed E-state index contributed by atoms with van der Waals surface area (Å²) in [5.74, 6) is 0. The van der Waals surface area contributed by atoms with Gasteiger partial charge in [-0.3, -0.25) is 4.98 Å². The summed E-state index contributed by atoms with van der Waals surface area (Å²) in [5.41, 5.74) is 1.93. The Morgan fingerprint density at radius 1 is 1.36 bits per heavy atom.